The van der Waals surface area contributed by atoms with Crippen molar-refractivity contribution in [1.82, 2.24) is 14.3 Å². The van der Waals surface area contributed by atoms with E-state index in [1.165, 1.54) is 12.8 Å². The van der Waals surface area contributed by atoms with Gasteiger partial charge in [0.25, 0.3) is 0 Å². The molecule has 3 heterocycles. The second-order valence-corrected chi connectivity index (χ2v) is 9.11. The van der Waals surface area contributed by atoms with E-state index in [4.69, 9.17) is 4.74 Å². The van der Waals surface area contributed by atoms with Gasteiger partial charge in [-0.3, -0.25) is 9.30 Å². The number of carbonyl (C=O) groups excluding carboxylic acids is 1. The van der Waals surface area contributed by atoms with Crippen molar-refractivity contribution in [3.8, 4) is 5.75 Å². The Morgan fingerprint density at radius 3 is 2.70 bits per heavy atom. The maximum Gasteiger partial charge on any atom is 0.357 e. The molecular formula is C22H24BrN3O3S. The molecule has 2 aromatic heterocycles. The van der Waals surface area contributed by atoms with E-state index in [0.717, 1.165) is 28.0 Å². The second kappa shape index (κ2) is 9.41. The summed E-state index contributed by atoms with van der Waals surface area (Å²) in [6.07, 6.45) is 4.17. The Bertz CT molecular complexity index is 1050. The molecule has 4 rings (SSSR count). The molecule has 0 saturated carbocycles. The highest BCUT2D eigenvalue weighted by Crippen LogP contribution is 2.35. The topological polar surface area (TPSA) is 67.1 Å². The largest absolute Gasteiger partial charge is 0.504 e. The van der Waals surface area contributed by atoms with Crippen molar-refractivity contribution in [2.24, 2.45) is 0 Å². The Hall–Kier alpha value is -2.03. The van der Waals surface area contributed by atoms with Crippen LogP contribution in [-0.4, -0.2) is 45.1 Å². The molecule has 0 bridgehead atoms. The number of aromatic nitrogens is 2. The first-order valence-corrected chi connectivity index (χ1v) is 11.8. The molecule has 0 spiro atoms. The zero-order valence-corrected chi connectivity index (χ0v) is 19.2. The molecule has 1 aliphatic rings. The summed E-state index contributed by atoms with van der Waals surface area (Å²) in [6.45, 7) is 4.76. The maximum absolute atomic E-state index is 12.7. The van der Waals surface area contributed by atoms with Crippen LogP contribution in [0.3, 0.4) is 0 Å². The summed E-state index contributed by atoms with van der Waals surface area (Å²) in [5.41, 5.74) is 2.15. The number of benzene rings is 1. The Kier molecular flexibility index (Phi) is 6.65. The number of fused-ring (bicyclic) bond motifs is 1. The highest BCUT2D eigenvalue weighted by Gasteiger charge is 2.25. The minimum atomic E-state index is -0.438. The number of ether oxygens (including phenoxy) is 1. The Labute approximate surface area is 188 Å². The van der Waals surface area contributed by atoms with Gasteiger partial charge in [0.1, 0.15) is 0 Å². The summed E-state index contributed by atoms with van der Waals surface area (Å²) < 4.78 is 7.69. The standard InChI is InChI=1S/C22H24BrN3O3S/c1-2-29-22(28)19-18(14-30-15-8-4-3-5-9-15)24-21-20(27)16(17(23)13-26(19)21)12-25-10-6-7-11-25/h3-5,8-9,13,27H,2,6-7,10-12,14H2,1H3. The van der Waals surface area contributed by atoms with E-state index in [0.29, 0.717) is 29.3 Å². The van der Waals surface area contributed by atoms with Gasteiger partial charge in [-0.2, -0.15) is 0 Å². The van der Waals surface area contributed by atoms with Gasteiger partial charge in [0.2, 0.25) is 0 Å². The Morgan fingerprint density at radius 1 is 1.27 bits per heavy atom. The van der Waals surface area contributed by atoms with Gasteiger partial charge in [0.05, 0.1) is 12.3 Å². The maximum atomic E-state index is 12.7. The van der Waals surface area contributed by atoms with E-state index in [1.54, 1.807) is 23.1 Å². The molecule has 0 atom stereocenters. The number of thioether (sulfide) groups is 1. The Balaban J connectivity index is 1.74. The van der Waals surface area contributed by atoms with E-state index in [2.05, 4.69) is 25.8 Å². The molecule has 1 aliphatic heterocycles. The molecular weight excluding hydrogens is 466 g/mol. The monoisotopic (exact) mass is 489 g/mol. The molecule has 0 aliphatic carbocycles. The van der Waals surface area contributed by atoms with Gasteiger partial charge in [-0.1, -0.05) is 18.2 Å². The molecule has 1 fully saturated rings. The van der Waals surface area contributed by atoms with Crippen LogP contribution in [-0.2, 0) is 17.0 Å². The van der Waals surface area contributed by atoms with Gasteiger partial charge >= 0.3 is 5.97 Å². The molecule has 0 radical (unpaired) electrons. The zero-order valence-electron chi connectivity index (χ0n) is 16.8. The number of aromatic hydroxyl groups is 1. The molecule has 8 heteroatoms. The van der Waals surface area contributed by atoms with Crippen LogP contribution in [0.4, 0.5) is 0 Å². The first-order chi connectivity index (χ1) is 14.6. The van der Waals surface area contributed by atoms with Crippen LogP contribution in [0.25, 0.3) is 5.65 Å². The van der Waals surface area contributed by atoms with E-state index in [9.17, 15) is 9.90 Å². The SMILES string of the molecule is CCOC(=O)c1c(CSc2ccccc2)nc2c(O)c(CN3CCCC3)c(Br)cn12. The highest BCUT2D eigenvalue weighted by molar-refractivity contribution is 9.10. The molecule has 1 N–H and O–H groups in total. The van der Waals surface area contributed by atoms with Crippen LogP contribution in [0.15, 0.2) is 45.9 Å². The van der Waals surface area contributed by atoms with Crippen LogP contribution >= 0.6 is 27.7 Å². The van der Waals surface area contributed by atoms with Gasteiger partial charge in [-0.25, -0.2) is 9.78 Å². The third kappa shape index (κ3) is 4.36. The number of rotatable bonds is 7. The van der Waals surface area contributed by atoms with Gasteiger partial charge < -0.3 is 9.84 Å². The minimum absolute atomic E-state index is 0.109. The number of imidazole rings is 1. The number of likely N-dealkylation sites (tertiary alicyclic amines) is 1. The fraction of sp³-hybridized carbons (Fsp3) is 0.364. The van der Waals surface area contributed by atoms with Gasteiger partial charge in [-0.05, 0) is 60.9 Å². The average Bonchev–Trinajstić information content (AvgIpc) is 3.38. The number of hydrogen-bond donors (Lipinski definition) is 1. The molecule has 158 valence electrons. The molecule has 30 heavy (non-hydrogen) atoms. The lowest BCUT2D eigenvalue weighted by Gasteiger charge is -2.17. The fourth-order valence-electron chi connectivity index (χ4n) is 3.71. The quantitative estimate of drug-likeness (QED) is 0.377. The van der Waals surface area contributed by atoms with Crippen molar-refractivity contribution in [1.29, 1.82) is 0 Å². The van der Waals surface area contributed by atoms with Crippen molar-refractivity contribution in [2.45, 2.75) is 37.0 Å². The van der Waals surface area contributed by atoms with Crippen molar-refractivity contribution in [3.63, 3.8) is 0 Å². The van der Waals surface area contributed by atoms with Crippen LogP contribution < -0.4 is 0 Å². The number of carbonyl (C=O) groups is 1. The summed E-state index contributed by atoms with van der Waals surface area (Å²) in [7, 11) is 0. The zero-order chi connectivity index (χ0) is 21.1. The minimum Gasteiger partial charge on any atom is -0.504 e. The number of pyridine rings is 1. The molecule has 1 aromatic carbocycles. The lowest BCUT2D eigenvalue weighted by Crippen LogP contribution is -2.19. The third-order valence-corrected chi connectivity index (χ3v) is 6.89. The predicted molar refractivity (Wildman–Crippen MR) is 121 cm³/mol. The van der Waals surface area contributed by atoms with Crippen LogP contribution in [0.1, 0.15) is 41.5 Å². The average molecular weight is 490 g/mol. The van der Waals surface area contributed by atoms with Crippen molar-refractivity contribution < 1.29 is 14.6 Å². The summed E-state index contributed by atoms with van der Waals surface area (Å²) in [4.78, 5) is 20.8. The molecule has 3 aromatic rings. The van der Waals surface area contributed by atoms with Crippen LogP contribution in [0.5, 0.6) is 5.75 Å². The predicted octanol–water partition coefficient (Wildman–Crippen LogP) is 4.87. The van der Waals surface area contributed by atoms with Crippen molar-refractivity contribution >= 4 is 39.3 Å². The first kappa shape index (κ1) is 21.2. The van der Waals surface area contributed by atoms with Crippen LogP contribution in [0, 0.1) is 0 Å². The number of hydrogen-bond acceptors (Lipinski definition) is 6. The third-order valence-electron chi connectivity index (χ3n) is 5.18. The van der Waals surface area contributed by atoms with E-state index in [1.807, 2.05) is 36.5 Å². The molecule has 6 nitrogen and oxygen atoms in total. The lowest BCUT2D eigenvalue weighted by atomic mass is 10.2. The smallest absolute Gasteiger partial charge is 0.357 e. The van der Waals surface area contributed by atoms with E-state index < -0.39 is 5.97 Å². The number of esters is 1. The van der Waals surface area contributed by atoms with Gasteiger partial charge in [-0.15, -0.1) is 11.8 Å². The van der Waals surface area contributed by atoms with Gasteiger partial charge in [0.15, 0.2) is 17.1 Å². The number of halogens is 1. The summed E-state index contributed by atoms with van der Waals surface area (Å²) in [6, 6.07) is 9.97. The molecule has 0 amide bonds. The first-order valence-electron chi connectivity index (χ1n) is 10.1. The Morgan fingerprint density at radius 2 is 2.00 bits per heavy atom. The normalized spacial score (nSPS) is 14.5. The second-order valence-electron chi connectivity index (χ2n) is 7.21. The van der Waals surface area contributed by atoms with E-state index >= 15 is 0 Å². The van der Waals surface area contributed by atoms with Crippen molar-refractivity contribution in [3.05, 3.63) is 58.0 Å². The van der Waals surface area contributed by atoms with Crippen LogP contribution in [0.2, 0.25) is 0 Å². The fourth-order valence-corrected chi connectivity index (χ4v) is 5.08. The summed E-state index contributed by atoms with van der Waals surface area (Å²) in [5, 5.41) is 11.0. The van der Waals surface area contributed by atoms with Crippen molar-refractivity contribution in [2.75, 3.05) is 19.7 Å². The molecule has 0 unspecified atom stereocenters. The summed E-state index contributed by atoms with van der Waals surface area (Å²) in [5.74, 6) is 0.170. The number of nitrogens with zero attached hydrogens (tertiary/aromatic N) is 3. The van der Waals surface area contributed by atoms with Gasteiger partial charge in [0, 0.05) is 33.4 Å². The highest BCUT2D eigenvalue weighted by atomic mass is 79.9. The summed E-state index contributed by atoms with van der Waals surface area (Å²) >= 11 is 5.18. The van der Waals surface area contributed by atoms with E-state index in [-0.39, 0.29) is 12.4 Å². The lowest BCUT2D eigenvalue weighted by molar-refractivity contribution is 0.0517. The molecule has 1 saturated heterocycles.